The van der Waals surface area contributed by atoms with E-state index in [2.05, 4.69) is 16.2 Å². The highest BCUT2D eigenvalue weighted by molar-refractivity contribution is 7.12. The summed E-state index contributed by atoms with van der Waals surface area (Å²) in [6.07, 6.45) is 0. The summed E-state index contributed by atoms with van der Waals surface area (Å²) in [7, 11) is 0. The van der Waals surface area contributed by atoms with Crippen LogP contribution < -0.4 is 16.2 Å². The Morgan fingerprint density at radius 3 is 2.56 bits per heavy atom. The highest BCUT2D eigenvalue weighted by Gasteiger charge is 2.12. The third-order valence-electron chi connectivity index (χ3n) is 2.81. The normalized spacial score (nSPS) is 9.80. The largest absolute Gasteiger partial charge is 0.452 e. The van der Waals surface area contributed by atoms with Gasteiger partial charge < -0.3 is 10.1 Å². The number of nitrogens with one attached hydrogen (secondary N) is 3. The van der Waals surface area contributed by atoms with Crippen LogP contribution in [0.2, 0.25) is 0 Å². The van der Waals surface area contributed by atoms with Crippen molar-refractivity contribution in [3.05, 3.63) is 52.2 Å². The van der Waals surface area contributed by atoms with Gasteiger partial charge in [-0.1, -0.05) is 12.1 Å². The summed E-state index contributed by atoms with van der Waals surface area (Å²) >= 11 is 1.30. The number of anilines is 1. The van der Waals surface area contributed by atoms with Gasteiger partial charge in [-0.15, -0.1) is 11.3 Å². The lowest BCUT2D eigenvalue weighted by Crippen LogP contribution is -2.42. The van der Waals surface area contributed by atoms with Crippen molar-refractivity contribution in [1.29, 1.82) is 0 Å². The summed E-state index contributed by atoms with van der Waals surface area (Å²) in [5.74, 6) is -2.14. The van der Waals surface area contributed by atoms with Crippen LogP contribution in [0.5, 0.6) is 0 Å². The topological polar surface area (TPSA) is 114 Å². The van der Waals surface area contributed by atoms with Crippen LogP contribution in [0.15, 0.2) is 41.8 Å². The third-order valence-corrected chi connectivity index (χ3v) is 3.68. The summed E-state index contributed by atoms with van der Waals surface area (Å²) in [5.41, 5.74) is 4.75. The summed E-state index contributed by atoms with van der Waals surface area (Å²) in [6.45, 7) is 0.674. The van der Waals surface area contributed by atoms with Crippen LogP contribution in [-0.4, -0.2) is 30.3 Å². The molecule has 0 saturated carbocycles. The van der Waals surface area contributed by atoms with Gasteiger partial charge >= 0.3 is 5.97 Å². The molecule has 25 heavy (non-hydrogen) atoms. The monoisotopic (exact) mass is 361 g/mol. The number of hydrogen-bond donors (Lipinski definition) is 3. The number of hydrogen-bond acceptors (Lipinski definition) is 6. The molecule has 1 heterocycles. The molecule has 8 nitrogen and oxygen atoms in total. The summed E-state index contributed by atoms with van der Waals surface area (Å²) in [4.78, 5) is 46.5. The van der Waals surface area contributed by atoms with Crippen molar-refractivity contribution in [2.45, 2.75) is 6.92 Å². The second-order valence-electron chi connectivity index (χ2n) is 4.82. The first-order valence-electron chi connectivity index (χ1n) is 7.13. The number of thiophene rings is 1. The van der Waals surface area contributed by atoms with Crippen molar-refractivity contribution in [3.63, 3.8) is 0 Å². The lowest BCUT2D eigenvalue weighted by atomic mass is 10.2. The molecule has 0 aliphatic carbocycles. The Hall–Kier alpha value is -3.20. The number of carbonyl (C=O) groups excluding carboxylic acids is 4. The van der Waals surface area contributed by atoms with Crippen LogP contribution in [0.1, 0.15) is 27.0 Å². The van der Waals surface area contributed by atoms with E-state index in [1.54, 1.807) is 29.6 Å². The molecule has 2 rings (SSSR count). The predicted molar refractivity (Wildman–Crippen MR) is 91.0 cm³/mol. The number of esters is 1. The molecule has 1 aromatic heterocycles. The minimum atomic E-state index is -0.731. The SMILES string of the molecule is CC(=O)NNC(=O)COC(=O)c1cccc(NC(=O)c2cccs2)c1. The fraction of sp³-hybridized carbons (Fsp3) is 0.125. The standard InChI is InChI=1S/C16H15N3O5S/c1-10(20)18-19-14(21)9-24-16(23)11-4-2-5-12(8-11)17-15(22)13-6-3-7-25-13/h2-8H,9H2,1H3,(H,17,22)(H,18,20)(H,19,21). The van der Waals surface area contributed by atoms with Gasteiger partial charge in [-0.2, -0.15) is 0 Å². The van der Waals surface area contributed by atoms with E-state index < -0.39 is 24.4 Å². The quantitative estimate of drug-likeness (QED) is 0.549. The number of hydrazine groups is 1. The summed E-state index contributed by atoms with van der Waals surface area (Å²) in [5, 5.41) is 4.46. The highest BCUT2D eigenvalue weighted by atomic mass is 32.1. The van der Waals surface area contributed by atoms with Crippen molar-refractivity contribution in [2.24, 2.45) is 0 Å². The maximum atomic E-state index is 12.0. The Morgan fingerprint density at radius 2 is 1.88 bits per heavy atom. The molecule has 0 radical (unpaired) electrons. The van der Waals surface area contributed by atoms with Crippen molar-refractivity contribution >= 4 is 40.7 Å². The molecule has 3 N–H and O–H groups in total. The van der Waals surface area contributed by atoms with Gasteiger partial charge in [0.05, 0.1) is 10.4 Å². The second-order valence-corrected chi connectivity index (χ2v) is 5.77. The molecular formula is C16H15N3O5S. The molecule has 9 heteroatoms. The second kappa shape index (κ2) is 8.60. The Bertz CT molecular complexity index is 789. The van der Waals surface area contributed by atoms with E-state index in [0.717, 1.165) is 0 Å². The Morgan fingerprint density at radius 1 is 1.08 bits per heavy atom. The average Bonchev–Trinajstić information content (AvgIpc) is 3.12. The fourth-order valence-electron chi connectivity index (χ4n) is 1.73. The van der Waals surface area contributed by atoms with Crippen molar-refractivity contribution in [1.82, 2.24) is 10.9 Å². The number of carbonyl (C=O) groups is 4. The first-order chi connectivity index (χ1) is 12.0. The smallest absolute Gasteiger partial charge is 0.338 e. The molecule has 3 amide bonds. The third kappa shape index (κ3) is 5.74. The minimum Gasteiger partial charge on any atom is -0.452 e. The number of rotatable bonds is 5. The van der Waals surface area contributed by atoms with Gasteiger partial charge in [0.25, 0.3) is 11.8 Å². The zero-order valence-electron chi connectivity index (χ0n) is 13.2. The molecular weight excluding hydrogens is 346 g/mol. The van der Waals surface area contributed by atoms with Crippen LogP contribution in [0, 0.1) is 0 Å². The average molecular weight is 361 g/mol. The van der Waals surface area contributed by atoms with Crippen LogP contribution in [0.4, 0.5) is 5.69 Å². The zero-order valence-corrected chi connectivity index (χ0v) is 14.0. The predicted octanol–water partition coefficient (Wildman–Crippen LogP) is 1.32. The van der Waals surface area contributed by atoms with E-state index in [1.165, 1.54) is 30.4 Å². The van der Waals surface area contributed by atoms with Crippen LogP contribution in [0.3, 0.4) is 0 Å². The molecule has 2 aromatic rings. The Balaban J connectivity index is 1.91. The van der Waals surface area contributed by atoms with Crippen molar-refractivity contribution < 1.29 is 23.9 Å². The van der Waals surface area contributed by atoms with Gasteiger partial charge in [0, 0.05) is 12.6 Å². The molecule has 0 saturated heterocycles. The van der Waals surface area contributed by atoms with E-state index in [4.69, 9.17) is 4.74 Å². The van der Waals surface area contributed by atoms with Crippen LogP contribution in [-0.2, 0) is 14.3 Å². The minimum absolute atomic E-state index is 0.177. The van der Waals surface area contributed by atoms with Gasteiger partial charge in [0.15, 0.2) is 6.61 Å². The molecule has 0 fully saturated rings. The molecule has 0 aliphatic heterocycles. The van der Waals surface area contributed by atoms with Gasteiger partial charge in [-0.3, -0.25) is 25.2 Å². The molecule has 130 valence electrons. The first kappa shape index (κ1) is 18.1. The van der Waals surface area contributed by atoms with Crippen molar-refractivity contribution in [2.75, 3.05) is 11.9 Å². The van der Waals surface area contributed by atoms with Gasteiger partial charge in [-0.05, 0) is 29.6 Å². The molecule has 0 unspecified atom stereocenters. The number of amides is 3. The van der Waals surface area contributed by atoms with E-state index in [9.17, 15) is 19.2 Å². The zero-order chi connectivity index (χ0) is 18.2. The van der Waals surface area contributed by atoms with Gasteiger partial charge in [0.1, 0.15) is 0 Å². The Kier molecular flexibility index (Phi) is 6.24. The molecule has 0 atom stereocenters. The Labute approximate surface area is 147 Å². The lowest BCUT2D eigenvalue weighted by Gasteiger charge is -2.08. The maximum Gasteiger partial charge on any atom is 0.338 e. The maximum absolute atomic E-state index is 12.0. The van der Waals surface area contributed by atoms with E-state index >= 15 is 0 Å². The summed E-state index contributed by atoms with van der Waals surface area (Å²) < 4.78 is 4.84. The number of ether oxygens (including phenoxy) is 1. The van der Waals surface area contributed by atoms with Gasteiger partial charge in [-0.25, -0.2) is 4.79 Å². The van der Waals surface area contributed by atoms with Crippen LogP contribution in [0.25, 0.3) is 0 Å². The molecule has 0 bridgehead atoms. The molecule has 0 spiro atoms. The molecule has 1 aromatic carbocycles. The lowest BCUT2D eigenvalue weighted by molar-refractivity contribution is -0.129. The van der Waals surface area contributed by atoms with E-state index in [1.807, 2.05) is 0 Å². The number of benzene rings is 1. The van der Waals surface area contributed by atoms with E-state index in [0.29, 0.717) is 10.6 Å². The summed E-state index contributed by atoms with van der Waals surface area (Å²) in [6, 6.07) is 9.60. The van der Waals surface area contributed by atoms with E-state index in [-0.39, 0.29) is 11.5 Å². The fourth-order valence-corrected chi connectivity index (χ4v) is 2.35. The highest BCUT2D eigenvalue weighted by Crippen LogP contribution is 2.15. The van der Waals surface area contributed by atoms with Crippen molar-refractivity contribution in [3.8, 4) is 0 Å². The van der Waals surface area contributed by atoms with Gasteiger partial charge in [0.2, 0.25) is 5.91 Å². The van der Waals surface area contributed by atoms with Crippen LogP contribution >= 0.6 is 11.3 Å². The first-order valence-corrected chi connectivity index (χ1v) is 8.01. The molecule has 0 aliphatic rings.